The first-order valence-electron chi connectivity index (χ1n) is 5.78. The van der Waals surface area contributed by atoms with Gasteiger partial charge in [-0.1, -0.05) is 6.07 Å². The number of nitrogens with zero attached hydrogens (tertiary/aromatic N) is 3. The highest BCUT2D eigenvalue weighted by atomic mass is 32.1. The fraction of sp³-hybridized carbons (Fsp3) is 0.0714. The van der Waals surface area contributed by atoms with Crippen LogP contribution in [-0.4, -0.2) is 4.98 Å². The Labute approximate surface area is 123 Å². The van der Waals surface area contributed by atoms with Gasteiger partial charge in [-0.2, -0.15) is 16.6 Å². The number of nitriles is 1. The molecule has 0 bridgehead atoms. The first-order chi connectivity index (χ1) is 9.81. The number of anilines is 1. The Morgan fingerprint density at radius 3 is 3.05 bits per heavy atom. The zero-order chi connectivity index (χ0) is 13.9. The molecule has 0 aliphatic heterocycles. The minimum Gasteiger partial charge on any atom is -0.379 e. The van der Waals surface area contributed by atoms with Crippen molar-refractivity contribution in [1.29, 1.82) is 5.26 Å². The van der Waals surface area contributed by atoms with Crippen molar-refractivity contribution in [1.82, 2.24) is 4.98 Å². The van der Waals surface area contributed by atoms with Crippen LogP contribution < -0.4 is 5.32 Å². The zero-order valence-electron chi connectivity index (χ0n) is 10.3. The van der Waals surface area contributed by atoms with Gasteiger partial charge >= 0.3 is 0 Å². The molecule has 0 amide bonds. The van der Waals surface area contributed by atoms with Crippen LogP contribution in [0.4, 0.5) is 11.4 Å². The number of hydrogen-bond donors (Lipinski definition) is 1. The van der Waals surface area contributed by atoms with Gasteiger partial charge in [0.15, 0.2) is 0 Å². The molecule has 0 fully saturated rings. The lowest BCUT2D eigenvalue weighted by molar-refractivity contribution is 1.19. The second-order valence-electron chi connectivity index (χ2n) is 4.01. The first-order valence-corrected chi connectivity index (χ1v) is 7.54. The van der Waals surface area contributed by atoms with Crippen molar-refractivity contribution >= 4 is 44.3 Å². The van der Waals surface area contributed by atoms with Crippen molar-refractivity contribution in [3.05, 3.63) is 50.9 Å². The largest absolute Gasteiger partial charge is 0.379 e. The standard InChI is InChI=1S/C14H8N4S2/c1-16-12-8-20-14-11(5-9(6-15)18-13(12)14)17-7-10-3-2-4-19-10/h2-5,8H,7H2,(H,17,18). The lowest BCUT2D eigenvalue weighted by Crippen LogP contribution is -1.98. The van der Waals surface area contributed by atoms with Gasteiger partial charge in [0.25, 0.3) is 0 Å². The highest BCUT2D eigenvalue weighted by Crippen LogP contribution is 2.36. The van der Waals surface area contributed by atoms with Crippen molar-refractivity contribution in [3.8, 4) is 6.07 Å². The molecule has 3 heterocycles. The Balaban J connectivity index is 2.03. The Bertz CT molecular complexity index is 835. The molecule has 3 rings (SSSR count). The van der Waals surface area contributed by atoms with E-state index in [4.69, 9.17) is 11.8 Å². The van der Waals surface area contributed by atoms with Crippen LogP contribution in [0.2, 0.25) is 0 Å². The van der Waals surface area contributed by atoms with Gasteiger partial charge < -0.3 is 5.32 Å². The van der Waals surface area contributed by atoms with Crippen molar-refractivity contribution in [2.24, 2.45) is 0 Å². The molecule has 0 aliphatic carbocycles. The summed E-state index contributed by atoms with van der Waals surface area (Å²) in [6.45, 7) is 7.85. The Morgan fingerprint density at radius 1 is 1.45 bits per heavy atom. The molecule has 3 aromatic heterocycles. The number of pyridine rings is 1. The summed E-state index contributed by atoms with van der Waals surface area (Å²) in [7, 11) is 0. The van der Waals surface area contributed by atoms with Gasteiger partial charge in [-0.3, -0.25) is 0 Å². The van der Waals surface area contributed by atoms with Crippen molar-refractivity contribution in [2.45, 2.75) is 6.54 Å². The molecule has 0 spiro atoms. The fourth-order valence-electron chi connectivity index (χ4n) is 1.86. The van der Waals surface area contributed by atoms with Crippen LogP contribution in [-0.2, 0) is 6.54 Å². The smallest absolute Gasteiger partial charge is 0.223 e. The van der Waals surface area contributed by atoms with Gasteiger partial charge in [-0.05, 0) is 22.9 Å². The fourth-order valence-corrected chi connectivity index (χ4v) is 3.42. The average Bonchev–Trinajstić information content (AvgIpc) is 3.13. The third-order valence-corrected chi connectivity index (χ3v) is 4.64. The second kappa shape index (κ2) is 5.30. The number of hydrogen-bond acceptors (Lipinski definition) is 5. The van der Waals surface area contributed by atoms with Crippen LogP contribution in [0, 0.1) is 17.9 Å². The molecule has 0 atom stereocenters. The second-order valence-corrected chi connectivity index (χ2v) is 5.92. The van der Waals surface area contributed by atoms with Crippen LogP contribution in [0.3, 0.4) is 0 Å². The van der Waals surface area contributed by atoms with E-state index in [0.29, 0.717) is 23.4 Å². The maximum absolute atomic E-state index is 9.06. The average molecular weight is 296 g/mol. The normalized spacial score (nSPS) is 10.1. The highest BCUT2D eigenvalue weighted by Gasteiger charge is 2.12. The molecule has 6 heteroatoms. The summed E-state index contributed by atoms with van der Waals surface area (Å²) < 4.78 is 0.923. The Morgan fingerprint density at radius 2 is 2.35 bits per heavy atom. The number of aromatic nitrogens is 1. The number of nitrogens with one attached hydrogen (secondary N) is 1. The highest BCUT2D eigenvalue weighted by molar-refractivity contribution is 7.18. The van der Waals surface area contributed by atoms with Crippen LogP contribution >= 0.6 is 22.7 Å². The monoisotopic (exact) mass is 296 g/mol. The van der Waals surface area contributed by atoms with E-state index >= 15 is 0 Å². The molecule has 1 N–H and O–H groups in total. The van der Waals surface area contributed by atoms with E-state index in [-0.39, 0.29) is 0 Å². The van der Waals surface area contributed by atoms with Gasteiger partial charge in [0.2, 0.25) is 5.69 Å². The summed E-state index contributed by atoms with van der Waals surface area (Å²) in [5.41, 5.74) is 2.30. The topological polar surface area (TPSA) is 53.1 Å². The minimum atomic E-state index is 0.328. The molecule has 0 aromatic carbocycles. The first kappa shape index (κ1) is 12.6. The minimum absolute atomic E-state index is 0.328. The van der Waals surface area contributed by atoms with E-state index in [1.807, 2.05) is 17.5 Å². The Kier molecular flexibility index (Phi) is 3.34. The van der Waals surface area contributed by atoms with E-state index in [9.17, 15) is 0 Å². The zero-order valence-corrected chi connectivity index (χ0v) is 11.9. The SMILES string of the molecule is [C-]#[N+]c1csc2c(NCc3cccs3)cc(C#N)nc12. The molecule has 20 heavy (non-hydrogen) atoms. The van der Waals surface area contributed by atoms with Crippen molar-refractivity contribution in [2.75, 3.05) is 5.32 Å². The Hall–Kier alpha value is -2.41. The summed E-state index contributed by atoms with van der Waals surface area (Å²) in [5.74, 6) is 0. The predicted molar refractivity (Wildman–Crippen MR) is 82.2 cm³/mol. The van der Waals surface area contributed by atoms with Gasteiger partial charge in [-0.15, -0.1) is 11.3 Å². The molecular weight excluding hydrogens is 288 g/mol. The van der Waals surface area contributed by atoms with Crippen molar-refractivity contribution in [3.63, 3.8) is 0 Å². The maximum Gasteiger partial charge on any atom is 0.223 e. The number of rotatable bonds is 3. The van der Waals surface area contributed by atoms with E-state index < -0.39 is 0 Å². The number of thiophene rings is 2. The van der Waals surface area contributed by atoms with Crippen molar-refractivity contribution < 1.29 is 0 Å². The predicted octanol–water partition coefficient (Wildman–Crippen LogP) is 4.39. The summed E-state index contributed by atoms with van der Waals surface area (Å²) in [5, 5.41) is 16.2. The molecule has 0 aliphatic rings. The van der Waals surface area contributed by atoms with Crippen LogP contribution in [0.5, 0.6) is 0 Å². The third kappa shape index (κ3) is 2.23. The van der Waals surface area contributed by atoms with E-state index in [1.165, 1.54) is 16.2 Å². The lowest BCUT2D eigenvalue weighted by atomic mass is 10.2. The third-order valence-electron chi connectivity index (χ3n) is 2.77. The summed E-state index contributed by atoms with van der Waals surface area (Å²) in [6, 6.07) is 7.85. The number of fused-ring (bicyclic) bond motifs is 1. The molecule has 4 nitrogen and oxygen atoms in total. The lowest BCUT2D eigenvalue weighted by Gasteiger charge is -2.06. The van der Waals surface area contributed by atoms with Crippen LogP contribution in [0.1, 0.15) is 10.6 Å². The molecular formula is C14H8N4S2. The molecule has 0 unspecified atom stereocenters. The molecule has 3 aromatic rings. The summed E-state index contributed by atoms with van der Waals surface area (Å²) in [4.78, 5) is 8.89. The van der Waals surface area contributed by atoms with E-state index in [1.54, 1.807) is 22.8 Å². The summed E-state index contributed by atoms with van der Waals surface area (Å²) in [6.07, 6.45) is 0. The van der Waals surface area contributed by atoms with E-state index in [0.717, 1.165) is 10.4 Å². The van der Waals surface area contributed by atoms with Gasteiger partial charge in [0.05, 0.1) is 22.5 Å². The molecule has 0 saturated carbocycles. The van der Waals surface area contributed by atoms with Gasteiger partial charge in [-0.25, -0.2) is 9.83 Å². The molecule has 96 valence electrons. The molecule has 0 saturated heterocycles. The quantitative estimate of drug-likeness (QED) is 0.729. The maximum atomic E-state index is 9.06. The van der Waals surface area contributed by atoms with E-state index in [2.05, 4.69) is 21.2 Å². The van der Waals surface area contributed by atoms with Gasteiger partial charge in [0.1, 0.15) is 11.8 Å². The molecule has 0 radical (unpaired) electrons. The van der Waals surface area contributed by atoms with Crippen LogP contribution in [0.15, 0.2) is 29.0 Å². The summed E-state index contributed by atoms with van der Waals surface area (Å²) >= 11 is 3.16. The van der Waals surface area contributed by atoms with Gasteiger partial charge in [0, 0.05) is 11.4 Å². The van der Waals surface area contributed by atoms with Crippen LogP contribution in [0.25, 0.3) is 15.1 Å².